The number of aryl methyl sites for hydroxylation is 2. The molecule has 0 nitrogen and oxygen atoms in total. The zero-order chi connectivity index (χ0) is 20.5. The lowest BCUT2D eigenvalue weighted by molar-refractivity contribution is 1.33. The van der Waals surface area contributed by atoms with Gasteiger partial charge in [0.15, 0.2) is 0 Å². The van der Waals surface area contributed by atoms with Crippen molar-refractivity contribution in [1.29, 1.82) is 0 Å². The van der Waals surface area contributed by atoms with Crippen LogP contribution in [0.4, 0.5) is 0 Å². The molecule has 0 amide bonds. The maximum absolute atomic E-state index is 6.55. The predicted molar refractivity (Wildman–Crippen MR) is 133 cm³/mol. The molecule has 3 heteroatoms. The minimum Gasteiger partial charge on any atom is -0.0837 e. The summed E-state index contributed by atoms with van der Waals surface area (Å²) >= 11 is 14.0. The monoisotopic (exact) mass is 524 g/mol. The highest BCUT2D eigenvalue weighted by Crippen LogP contribution is 2.39. The number of halogens is 3. The summed E-state index contributed by atoms with van der Waals surface area (Å²) in [6.07, 6.45) is 0. The van der Waals surface area contributed by atoms with E-state index in [2.05, 4.69) is 100 Å². The summed E-state index contributed by atoms with van der Waals surface area (Å²) in [5.74, 6) is 0. The van der Waals surface area contributed by atoms with Crippen LogP contribution in [-0.4, -0.2) is 0 Å². The van der Waals surface area contributed by atoms with Crippen molar-refractivity contribution in [3.63, 3.8) is 0 Å². The fourth-order valence-corrected chi connectivity index (χ4v) is 4.93. The number of hydrogen-bond acceptors (Lipinski definition) is 0. The Bertz CT molecular complexity index is 1150. The first kappa shape index (κ1) is 20.4. The summed E-state index contributed by atoms with van der Waals surface area (Å²) in [5, 5.41) is 0.752. The smallest absolute Gasteiger partial charge is 0.0484 e. The van der Waals surface area contributed by atoms with Gasteiger partial charge >= 0.3 is 0 Å². The van der Waals surface area contributed by atoms with Gasteiger partial charge in [0.2, 0.25) is 0 Å². The zero-order valence-electron chi connectivity index (χ0n) is 16.1. The number of hydrogen-bond donors (Lipinski definition) is 0. The Morgan fingerprint density at radius 1 is 0.552 bits per heavy atom. The molecule has 0 unspecified atom stereocenters. The van der Waals surface area contributed by atoms with E-state index in [1.165, 1.54) is 16.7 Å². The second-order valence-electron chi connectivity index (χ2n) is 7.18. The Kier molecular flexibility index (Phi) is 5.96. The van der Waals surface area contributed by atoms with Gasteiger partial charge in [-0.05, 0) is 89.2 Å². The van der Waals surface area contributed by atoms with Gasteiger partial charge in [0.1, 0.15) is 0 Å². The van der Waals surface area contributed by atoms with E-state index in [4.69, 9.17) is 11.6 Å². The maximum atomic E-state index is 6.55. The maximum Gasteiger partial charge on any atom is 0.0484 e. The van der Waals surface area contributed by atoms with Crippen molar-refractivity contribution in [3.05, 3.63) is 104 Å². The Hall–Kier alpha value is -1.87. The van der Waals surface area contributed by atoms with Gasteiger partial charge < -0.3 is 0 Å². The topological polar surface area (TPSA) is 0 Å². The lowest BCUT2D eigenvalue weighted by atomic mass is 9.92. The first-order chi connectivity index (χ1) is 13.9. The van der Waals surface area contributed by atoms with Crippen LogP contribution in [0.5, 0.6) is 0 Å². The Labute approximate surface area is 193 Å². The third-order valence-corrected chi connectivity index (χ3v) is 6.87. The molecule has 0 N–H and O–H groups in total. The van der Waals surface area contributed by atoms with Crippen molar-refractivity contribution < 1.29 is 0 Å². The van der Waals surface area contributed by atoms with Crippen LogP contribution in [-0.2, 0) is 0 Å². The zero-order valence-corrected chi connectivity index (χ0v) is 20.1. The fraction of sp³-hybridized carbons (Fsp3) is 0.0769. The fourth-order valence-electron chi connectivity index (χ4n) is 3.49. The summed E-state index contributed by atoms with van der Waals surface area (Å²) in [7, 11) is 0. The first-order valence-corrected chi connectivity index (χ1v) is 11.3. The van der Waals surface area contributed by atoms with Crippen LogP contribution < -0.4 is 0 Å². The van der Waals surface area contributed by atoms with Crippen LogP contribution in [0.3, 0.4) is 0 Å². The van der Waals surface area contributed by atoms with Gasteiger partial charge in [0, 0.05) is 19.5 Å². The van der Waals surface area contributed by atoms with Gasteiger partial charge in [-0.25, -0.2) is 0 Å². The molecule has 0 saturated heterocycles. The van der Waals surface area contributed by atoms with Crippen LogP contribution in [0, 0.1) is 13.8 Å². The van der Waals surface area contributed by atoms with Crippen molar-refractivity contribution >= 4 is 43.5 Å². The third kappa shape index (κ3) is 4.21. The minimum atomic E-state index is 0.752. The first-order valence-electron chi connectivity index (χ1n) is 9.36. The van der Waals surface area contributed by atoms with Crippen LogP contribution in [0.2, 0.25) is 5.02 Å². The molecular formula is C26H19Br2Cl. The molecule has 144 valence electrons. The van der Waals surface area contributed by atoms with Gasteiger partial charge in [0.05, 0.1) is 0 Å². The van der Waals surface area contributed by atoms with Gasteiger partial charge in [-0.2, -0.15) is 0 Å². The van der Waals surface area contributed by atoms with Crippen molar-refractivity contribution in [2.75, 3.05) is 0 Å². The SMILES string of the molecule is Cc1cc(Br)c(-c2cc(-c3ccccc3Cl)cc(-c3ccccc3Br)c2)cc1C. The lowest BCUT2D eigenvalue weighted by Crippen LogP contribution is -1.90. The Balaban J connectivity index is 2.00. The molecule has 0 aliphatic carbocycles. The molecule has 0 spiro atoms. The average Bonchev–Trinajstić information content (AvgIpc) is 2.71. The molecule has 29 heavy (non-hydrogen) atoms. The van der Waals surface area contributed by atoms with E-state index >= 15 is 0 Å². The molecular weight excluding hydrogens is 508 g/mol. The molecule has 0 fully saturated rings. The second kappa shape index (κ2) is 8.47. The molecule has 0 aromatic heterocycles. The molecule has 0 saturated carbocycles. The lowest BCUT2D eigenvalue weighted by Gasteiger charge is -2.15. The molecule has 4 aromatic rings. The van der Waals surface area contributed by atoms with E-state index in [0.29, 0.717) is 0 Å². The van der Waals surface area contributed by atoms with Gasteiger partial charge in [-0.15, -0.1) is 0 Å². The quantitative estimate of drug-likeness (QED) is 0.249. The van der Waals surface area contributed by atoms with Crippen LogP contribution in [0.15, 0.2) is 87.8 Å². The van der Waals surface area contributed by atoms with Gasteiger partial charge in [-0.3, -0.25) is 0 Å². The normalized spacial score (nSPS) is 10.9. The largest absolute Gasteiger partial charge is 0.0837 e. The highest BCUT2D eigenvalue weighted by Gasteiger charge is 2.13. The summed E-state index contributed by atoms with van der Waals surface area (Å²) < 4.78 is 2.16. The molecule has 0 atom stereocenters. The standard InChI is InChI=1S/C26H19Br2Cl/c1-16-11-23(25(28)12-17(16)2)20-14-18(21-7-3-5-9-24(21)27)13-19(15-20)22-8-4-6-10-26(22)29/h3-15H,1-2H3. The van der Waals surface area contributed by atoms with Crippen molar-refractivity contribution in [1.82, 2.24) is 0 Å². The molecule has 4 rings (SSSR count). The van der Waals surface area contributed by atoms with E-state index in [1.807, 2.05) is 24.3 Å². The molecule has 4 aromatic carbocycles. The van der Waals surface area contributed by atoms with Gasteiger partial charge in [0.25, 0.3) is 0 Å². The summed E-state index contributed by atoms with van der Waals surface area (Å²) in [6, 6.07) is 27.4. The van der Waals surface area contributed by atoms with E-state index in [0.717, 1.165) is 41.8 Å². The van der Waals surface area contributed by atoms with E-state index in [9.17, 15) is 0 Å². The van der Waals surface area contributed by atoms with Gasteiger partial charge in [-0.1, -0.05) is 85.9 Å². The number of rotatable bonds is 3. The Morgan fingerprint density at radius 3 is 1.72 bits per heavy atom. The van der Waals surface area contributed by atoms with E-state index in [1.54, 1.807) is 0 Å². The summed E-state index contributed by atoms with van der Waals surface area (Å²) in [6.45, 7) is 4.29. The predicted octanol–water partition coefficient (Wildman–Crippen LogP) is 9.48. The van der Waals surface area contributed by atoms with Crippen LogP contribution >= 0.6 is 43.5 Å². The summed E-state index contributed by atoms with van der Waals surface area (Å²) in [5.41, 5.74) is 9.31. The Morgan fingerprint density at radius 2 is 1.07 bits per heavy atom. The highest BCUT2D eigenvalue weighted by atomic mass is 79.9. The van der Waals surface area contributed by atoms with Crippen molar-refractivity contribution in [3.8, 4) is 33.4 Å². The van der Waals surface area contributed by atoms with Crippen LogP contribution in [0.25, 0.3) is 33.4 Å². The molecule has 0 heterocycles. The molecule has 0 radical (unpaired) electrons. The molecule has 0 aliphatic heterocycles. The van der Waals surface area contributed by atoms with E-state index in [-0.39, 0.29) is 0 Å². The number of benzene rings is 4. The third-order valence-electron chi connectivity index (χ3n) is 5.20. The summed E-state index contributed by atoms with van der Waals surface area (Å²) in [4.78, 5) is 0. The molecule has 0 aliphatic rings. The van der Waals surface area contributed by atoms with Crippen molar-refractivity contribution in [2.45, 2.75) is 13.8 Å². The average molecular weight is 527 g/mol. The highest BCUT2D eigenvalue weighted by molar-refractivity contribution is 9.11. The van der Waals surface area contributed by atoms with E-state index < -0.39 is 0 Å². The minimum absolute atomic E-state index is 0.752. The van der Waals surface area contributed by atoms with Crippen molar-refractivity contribution in [2.24, 2.45) is 0 Å². The molecule has 0 bridgehead atoms. The second-order valence-corrected chi connectivity index (χ2v) is 9.29. The van der Waals surface area contributed by atoms with Crippen LogP contribution in [0.1, 0.15) is 11.1 Å².